The van der Waals surface area contributed by atoms with Crippen LogP contribution >= 0.6 is 0 Å². The Balaban J connectivity index is 1.60. The second-order valence-electron chi connectivity index (χ2n) is 7.34. The minimum absolute atomic E-state index is 0.230. The Kier molecular flexibility index (Phi) is 2.73. The first-order valence-corrected chi connectivity index (χ1v) is 9.02. The molecule has 0 radical (unpaired) electrons. The minimum atomic E-state index is -0.659. The summed E-state index contributed by atoms with van der Waals surface area (Å²) in [5.74, 6) is 1.64. The number of benzene rings is 2. The molecular formula is C20H19N3O3. The minimum Gasteiger partial charge on any atom is -0.462 e. The zero-order valence-electron chi connectivity index (χ0n) is 14.2. The van der Waals surface area contributed by atoms with Gasteiger partial charge in [0.1, 0.15) is 18.1 Å². The largest absolute Gasteiger partial charge is 0.462 e. The Bertz CT molecular complexity index is 944. The molecule has 0 aromatic heterocycles. The highest BCUT2D eigenvalue weighted by Gasteiger charge is 2.50. The van der Waals surface area contributed by atoms with E-state index in [-0.39, 0.29) is 6.02 Å². The molecule has 0 aliphatic carbocycles. The third kappa shape index (κ3) is 1.77. The monoisotopic (exact) mass is 349 g/mol. The molecule has 2 fully saturated rings. The van der Waals surface area contributed by atoms with Crippen molar-refractivity contribution in [3.05, 3.63) is 53.6 Å². The van der Waals surface area contributed by atoms with Gasteiger partial charge in [0.2, 0.25) is 0 Å². The van der Waals surface area contributed by atoms with Gasteiger partial charge in [-0.25, -0.2) is 4.99 Å². The van der Waals surface area contributed by atoms with Crippen molar-refractivity contribution in [1.29, 1.82) is 0 Å². The Morgan fingerprint density at radius 3 is 2.77 bits per heavy atom. The first-order chi connectivity index (χ1) is 12.7. The van der Waals surface area contributed by atoms with Crippen LogP contribution in [0.4, 0.5) is 5.69 Å². The van der Waals surface area contributed by atoms with Gasteiger partial charge in [-0.3, -0.25) is 0 Å². The first-order valence-electron chi connectivity index (χ1n) is 9.02. The number of hydrogen-bond donors (Lipinski definition) is 1. The van der Waals surface area contributed by atoms with E-state index in [1.807, 2.05) is 30.3 Å². The summed E-state index contributed by atoms with van der Waals surface area (Å²) in [4.78, 5) is 7.23. The molecule has 1 unspecified atom stereocenters. The van der Waals surface area contributed by atoms with Crippen molar-refractivity contribution in [2.45, 2.75) is 24.1 Å². The van der Waals surface area contributed by atoms with Crippen molar-refractivity contribution < 1.29 is 14.2 Å². The van der Waals surface area contributed by atoms with Gasteiger partial charge in [0, 0.05) is 17.8 Å². The number of morpholine rings is 1. The molecule has 2 saturated heterocycles. The zero-order chi connectivity index (χ0) is 17.3. The number of anilines is 1. The smallest absolute Gasteiger partial charge is 0.283 e. The van der Waals surface area contributed by atoms with E-state index in [1.165, 1.54) is 0 Å². The normalized spacial score (nSPS) is 30.6. The molecule has 2 aromatic rings. The van der Waals surface area contributed by atoms with E-state index in [9.17, 15) is 0 Å². The first kappa shape index (κ1) is 14.4. The Labute approximate surface area is 151 Å². The number of hydrogen-bond acceptors (Lipinski definition) is 6. The topological polar surface area (TPSA) is 69.3 Å². The number of rotatable bonds is 1. The maximum atomic E-state index is 6.26. The number of nitrogens with two attached hydrogens (primary N) is 1. The fraction of sp³-hybridized carbons (Fsp3) is 0.350. The quantitative estimate of drug-likeness (QED) is 0.856. The molecule has 3 atom stereocenters. The highest BCUT2D eigenvalue weighted by molar-refractivity contribution is 5.79. The number of fused-ring (bicyclic) bond motifs is 6. The molecule has 6 nitrogen and oxygen atoms in total. The number of aliphatic imine (C=N–C) groups is 1. The lowest BCUT2D eigenvalue weighted by Crippen LogP contribution is -2.40. The number of amidine groups is 1. The second kappa shape index (κ2) is 4.92. The molecule has 6 heteroatoms. The molecule has 2 bridgehead atoms. The summed E-state index contributed by atoms with van der Waals surface area (Å²) in [7, 11) is 0. The molecular weight excluding hydrogens is 330 g/mol. The van der Waals surface area contributed by atoms with Crippen molar-refractivity contribution in [3.8, 4) is 11.5 Å². The predicted molar refractivity (Wildman–Crippen MR) is 96.8 cm³/mol. The van der Waals surface area contributed by atoms with Gasteiger partial charge in [0.15, 0.2) is 5.54 Å². The van der Waals surface area contributed by atoms with Crippen LogP contribution in [0, 0.1) is 0 Å². The molecule has 4 heterocycles. The van der Waals surface area contributed by atoms with Gasteiger partial charge in [0.25, 0.3) is 6.02 Å². The van der Waals surface area contributed by atoms with E-state index in [0.717, 1.165) is 47.9 Å². The van der Waals surface area contributed by atoms with E-state index in [1.54, 1.807) is 0 Å². The van der Waals surface area contributed by atoms with Gasteiger partial charge in [-0.15, -0.1) is 0 Å². The Morgan fingerprint density at radius 1 is 1.12 bits per heavy atom. The Morgan fingerprint density at radius 2 is 2.00 bits per heavy atom. The lowest BCUT2D eigenvalue weighted by Gasteiger charge is -2.38. The van der Waals surface area contributed by atoms with Crippen LogP contribution in [0.3, 0.4) is 0 Å². The van der Waals surface area contributed by atoms with Gasteiger partial charge in [-0.05, 0) is 24.6 Å². The lowest BCUT2D eigenvalue weighted by atomic mass is 9.80. The molecule has 2 N–H and O–H groups in total. The van der Waals surface area contributed by atoms with Gasteiger partial charge < -0.3 is 24.8 Å². The maximum absolute atomic E-state index is 6.26. The van der Waals surface area contributed by atoms with Crippen molar-refractivity contribution in [1.82, 2.24) is 0 Å². The highest BCUT2D eigenvalue weighted by atomic mass is 16.5. The fourth-order valence-electron chi connectivity index (χ4n) is 4.80. The van der Waals surface area contributed by atoms with Crippen molar-refractivity contribution >= 4 is 11.7 Å². The number of nitrogens with zero attached hydrogens (tertiary/aromatic N) is 2. The third-order valence-corrected chi connectivity index (χ3v) is 5.91. The Hall–Kier alpha value is -2.73. The van der Waals surface area contributed by atoms with Crippen LogP contribution < -0.4 is 15.4 Å². The van der Waals surface area contributed by atoms with Crippen molar-refractivity contribution in [2.75, 3.05) is 24.7 Å². The van der Waals surface area contributed by atoms with Crippen LogP contribution in [-0.2, 0) is 15.0 Å². The summed E-state index contributed by atoms with van der Waals surface area (Å²) >= 11 is 0. The van der Waals surface area contributed by atoms with Gasteiger partial charge in [0.05, 0.1) is 24.3 Å². The zero-order valence-corrected chi connectivity index (χ0v) is 14.2. The molecule has 0 saturated carbocycles. The molecule has 6 rings (SSSR count). The summed E-state index contributed by atoms with van der Waals surface area (Å²) < 4.78 is 17.7. The van der Waals surface area contributed by atoms with E-state index >= 15 is 0 Å². The van der Waals surface area contributed by atoms with E-state index in [2.05, 4.69) is 17.0 Å². The van der Waals surface area contributed by atoms with Crippen LogP contribution in [0.5, 0.6) is 11.5 Å². The van der Waals surface area contributed by atoms with Gasteiger partial charge >= 0.3 is 0 Å². The summed E-state index contributed by atoms with van der Waals surface area (Å²) in [6.45, 7) is 2.07. The molecule has 0 amide bonds. The van der Waals surface area contributed by atoms with Gasteiger partial charge in [-0.2, -0.15) is 0 Å². The predicted octanol–water partition coefficient (Wildman–Crippen LogP) is 2.36. The molecule has 2 aromatic carbocycles. The summed E-state index contributed by atoms with van der Waals surface area (Å²) in [5, 5.41) is 0. The average Bonchev–Trinajstić information content (AvgIpc) is 3.38. The van der Waals surface area contributed by atoms with Gasteiger partial charge in [-0.1, -0.05) is 24.3 Å². The van der Waals surface area contributed by atoms with Crippen LogP contribution in [0.1, 0.15) is 17.5 Å². The fourth-order valence-corrected chi connectivity index (χ4v) is 4.80. The molecule has 1 spiro atoms. The SMILES string of the molecule is NC1=NC2(CO1)c1ccccc1Oc1cccc(N3C[C@@H]4C[C@H]3CO4)c12. The molecule has 26 heavy (non-hydrogen) atoms. The van der Waals surface area contributed by atoms with Crippen LogP contribution in [0.15, 0.2) is 47.5 Å². The van der Waals surface area contributed by atoms with Crippen LogP contribution in [0.25, 0.3) is 0 Å². The van der Waals surface area contributed by atoms with Crippen LogP contribution in [-0.4, -0.2) is 37.9 Å². The third-order valence-electron chi connectivity index (χ3n) is 5.91. The maximum Gasteiger partial charge on any atom is 0.283 e. The van der Waals surface area contributed by atoms with Crippen molar-refractivity contribution in [3.63, 3.8) is 0 Å². The lowest BCUT2D eigenvalue weighted by molar-refractivity contribution is 0.0989. The van der Waals surface area contributed by atoms with E-state index in [4.69, 9.17) is 24.9 Å². The number of para-hydroxylation sites is 1. The van der Waals surface area contributed by atoms with E-state index < -0.39 is 5.54 Å². The molecule has 132 valence electrons. The molecule has 4 aliphatic heterocycles. The second-order valence-corrected chi connectivity index (χ2v) is 7.34. The summed E-state index contributed by atoms with van der Waals surface area (Å²) in [5.41, 5.74) is 8.51. The number of ether oxygens (including phenoxy) is 3. The molecule has 4 aliphatic rings. The summed E-state index contributed by atoms with van der Waals surface area (Å²) in [6, 6.07) is 14.9. The van der Waals surface area contributed by atoms with Crippen molar-refractivity contribution in [2.24, 2.45) is 10.7 Å². The summed E-state index contributed by atoms with van der Waals surface area (Å²) in [6.07, 6.45) is 1.40. The average molecular weight is 349 g/mol. The van der Waals surface area contributed by atoms with Crippen LogP contribution in [0.2, 0.25) is 0 Å². The van der Waals surface area contributed by atoms with E-state index in [0.29, 0.717) is 18.8 Å². The highest BCUT2D eigenvalue weighted by Crippen LogP contribution is 2.54. The standard InChI is InChI=1S/C20H19N3O3/c21-19-22-20(11-25-19)14-4-1-2-6-16(14)26-17-7-3-5-15(18(17)20)23-9-13-8-12(23)10-24-13/h1-7,12-13H,8-11H2,(H2,21,22)/t12-,13-,20?/m0/s1.